The molecule has 0 aliphatic rings. The van der Waals surface area contributed by atoms with Gasteiger partial charge in [0, 0.05) is 13.1 Å². The third-order valence-corrected chi connectivity index (χ3v) is 2.33. The van der Waals surface area contributed by atoms with Gasteiger partial charge in [0.05, 0.1) is 6.61 Å². The lowest BCUT2D eigenvalue weighted by Crippen LogP contribution is -2.25. The number of likely N-dealkylation sites (N-methyl/N-ethyl adjacent to an activating group) is 1. The van der Waals surface area contributed by atoms with Crippen LogP contribution in [0.3, 0.4) is 0 Å². The van der Waals surface area contributed by atoms with Crippen LogP contribution in [0.5, 0.6) is 6.01 Å². The van der Waals surface area contributed by atoms with Crippen LogP contribution in [0.15, 0.2) is 0 Å². The molecule has 1 rings (SSSR count). The molecule has 8 heteroatoms. The molecule has 0 bridgehead atoms. The molecule has 1 aromatic heterocycles. The van der Waals surface area contributed by atoms with E-state index >= 15 is 0 Å². The molecule has 0 spiro atoms. The van der Waals surface area contributed by atoms with Gasteiger partial charge in [-0.15, -0.1) is 0 Å². The lowest BCUT2D eigenvalue weighted by atomic mass is 10.5. The second-order valence-electron chi connectivity index (χ2n) is 3.67. The Balaban J connectivity index is 2.60. The van der Waals surface area contributed by atoms with Crippen LogP contribution in [0.1, 0.15) is 13.8 Å². The highest BCUT2D eigenvalue weighted by Crippen LogP contribution is 2.09. The van der Waals surface area contributed by atoms with Crippen molar-refractivity contribution in [3.05, 3.63) is 0 Å². The van der Waals surface area contributed by atoms with Gasteiger partial charge in [-0.1, -0.05) is 6.92 Å². The number of ether oxygens (including phenoxy) is 1. The third-order valence-electron chi connectivity index (χ3n) is 2.33. The van der Waals surface area contributed by atoms with Crippen LogP contribution in [0.2, 0.25) is 0 Å². The van der Waals surface area contributed by atoms with E-state index in [-0.39, 0.29) is 12.0 Å². The van der Waals surface area contributed by atoms with Crippen molar-refractivity contribution < 1.29 is 4.74 Å². The maximum atomic E-state index is 5.29. The molecule has 0 aromatic carbocycles. The van der Waals surface area contributed by atoms with Gasteiger partial charge in [0.1, 0.15) is 0 Å². The molecule has 18 heavy (non-hydrogen) atoms. The smallest absolute Gasteiger partial charge is 0.323 e. The predicted molar refractivity (Wildman–Crippen MR) is 70.5 cm³/mol. The number of anilines is 2. The van der Waals surface area contributed by atoms with Crippen LogP contribution < -0.4 is 21.3 Å². The summed E-state index contributed by atoms with van der Waals surface area (Å²) in [5.74, 6) is 6.02. The number of nitrogens with one attached hydrogen (secondary N) is 2. The zero-order valence-electron chi connectivity index (χ0n) is 11.1. The van der Waals surface area contributed by atoms with Gasteiger partial charge < -0.3 is 15.0 Å². The minimum Gasteiger partial charge on any atom is -0.464 e. The summed E-state index contributed by atoms with van der Waals surface area (Å²) < 4.78 is 5.23. The normalized spacial score (nSPS) is 10.5. The second kappa shape index (κ2) is 7.62. The molecule has 8 nitrogen and oxygen atoms in total. The second-order valence-corrected chi connectivity index (χ2v) is 3.67. The van der Waals surface area contributed by atoms with Crippen LogP contribution in [-0.4, -0.2) is 53.1 Å². The standard InChI is InChI=1S/C10H21N7O/c1-4-17(3)7-6-12-8-13-9(16-11)15-10(14-8)18-5-2/h4-7,11H2,1-3H3,(H2,12,13,14,15,16). The molecule has 1 aromatic rings. The van der Waals surface area contributed by atoms with E-state index in [4.69, 9.17) is 10.6 Å². The summed E-state index contributed by atoms with van der Waals surface area (Å²) in [7, 11) is 2.05. The van der Waals surface area contributed by atoms with Gasteiger partial charge in [0.2, 0.25) is 11.9 Å². The van der Waals surface area contributed by atoms with Gasteiger partial charge in [-0.2, -0.15) is 15.0 Å². The highest BCUT2D eigenvalue weighted by Gasteiger charge is 2.06. The molecule has 0 atom stereocenters. The fourth-order valence-corrected chi connectivity index (χ4v) is 1.21. The van der Waals surface area contributed by atoms with Crippen LogP contribution in [-0.2, 0) is 0 Å². The molecular formula is C10H21N7O. The Bertz CT molecular complexity index is 360. The van der Waals surface area contributed by atoms with Crippen LogP contribution in [0.4, 0.5) is 11.9 Å². The number of hydrazine groups is 1. The lowest BCUT2D eigenvalue weighted by molar-refractivity contribution is 0.312. The van der Waals surface area contributed by atoms with Crippen molar-refractivity contribution in [1.29, 1.82) is 0 Å². The van der Waals surface area contributed by atoms with Gasteiger partial charge in [0.15, 0.2) is 0 Å². The fourth-order valence-electron chi connectivity index (χ4n) is 1.21. The molecule has 1 heterocycles. The van der Waals surface area contributed by atoms with Gasteiger partial charge in [0.25, 0.3) is 0 Å². The first-order valence-electron chi connectivity index (χ1n) is 5.97. The van der Waals surface area contributed by atoms with E-state index in [1.54, 1.807) is 0 Å². The topological polar surface area (TPSA) is 101 Å². The van der Waals surface area contributed by atoms with E-state index in [0.29, 0.717) is 12.6 Å². The van der Waals surface area contributed by atoms with Crippen molar-refractivity contribution in [1.82, 2.24) is 19.9 Å². The zero-order valence-corrected chi connectivity index (χ0v) is 11.1. The predicted octanol–water partition coefficient (Wildman–Crippen LogP) is -0.0805. The Labute approximate surface area is 107 Å². The Morgan fingerprint density at radius 2 is 1.94 bits per heavy atom. The van der Waals surface area contributed by atoms with E-state index in [0.717, 1.165) is 19.6 Å². The number of nitrogens with two attached hydrogens (primary N) is 1. The van der Waals surface area contributed by atoms with Crippen LogP contribution in [0, 0.1) is 0 Å². The number of hydrogen-bond acceptors (Lipinski definition) is 8. The SMILES string of the molecule is CCOc1nc(NN)nc(NCCN(C)CC)n1. The van der Waals surface area contributed by atoms with Crippen molar-refractivity contribution in [2.45, 2.75) is 13.8 Å². The minimum atomic E-state index is 0.256. The summed E-state index contributed by atoms with van der Waals surface area (Å²) in [6.07, 6.45) is 0. The van der Waals surface area contributed by atoms with Crippen molar-refractivity contribution in [3.8, 4) is 6.01 Å². The van der Waals surface area contributed by atoms with Crippen LogP contribution >= 0.6 is 0 Å². The maximum absolute atomic E-state index is 5.29. The summed E-state index contributed by atoms with van der Waals surface area (Å²) in [5.41, 5.74) is 2.38. The molecule has 0 fully saturated rings. The Hall–Kier alpha value is -1.67. The molecule has 0 unspecified atom stereocenters. The summed E-state index contributed by atoms with van der Waals surface area (Å²) in [4.78, 5) is 14.4. The summed E-state index contributed by atoms with van der Waals surface area (Å²) >= 11 is 0. The molecule has 0 radical (unpaired) electrons. The van der Waals surface area contributed by atoms with Gasteiger partial charge >= 0.3 is 6.01 Å². The van der Waals surface area contributed by atoms with E-state index in [1.807, 2.05) is 14.0 Å². The van der Waals surface area contributed by atoms with Gasteiger partial charge in [-0.05, 0) is 20.5 Å². The Morgan fingerprint density at radius 3 is 2.56 bits per heavy atom. The first-order chi connectivity index (χ1) is 8.69. The van der Waals surface area contributed by atoms with Crippen molar-refractivity contribution in [2.75, 3.05) is 44.0 Å². The summed E-state index contributed by atoms with van der Waals surface area (Å²) in [6.45, 7) is 7.10. The first-order valence-corrected chi connectivity index (χ1v) is 5.97. The Morgan fingerprint density at radius 1 is 1.22 bits per heavy atom. The molecule has 0 aliphatic heterocycles. The fraction of sp³-hybridized carbons (Fsp3) is 0.700. The van der Waals surface area contributed by atoms with Crippen molar-refractivity contribution in [2.24, 2.45) is 5.84 Å². The average Bonchev–Trinajstić information content (AvgIpc) is 2.38. The monoisotopic (exact) mass is 255 g/mol. The number of hydrogen-bond donors (Lipinski definition) is 3. The van der Waals surface area contributed by atoms with Gasteiger partial charge in [-0.3, -0.25) is 5.43 Å². The highest BCUT2D eigenvalue weighted by molar-refractivity contribution is 5.34. The molecule has 4 N–H and O–H groups in total. The Kier molecular flexibility index (Phi) is 6.09. The minimum absolute atomic E-state index is 0.256. The third kappa shape index (κ3) is 4.68. The molecule has 0 saturated heterocycles. The van der Waals surface area contributed by atoms with Crippen molar-refractivity contribution >= 4 is 11.9 Å². The zero-order chi connectivity index (χ0) is 13.4. The molecule has 102 valence electrons. The molecule has 0 aliphatic carbocycles. The van der Waals surface area contributed by atoms with E-state index < -0.39 is 0 Å². The largest absolute Gasteiger partial charge is 0.464 e. The number of aromatic nitrogens is 3. The lowest BCUT2D eigenvalue weighted by Gasteiger charge is -2.14. The average molecular weight is 255 g/mol. The van der Waals surface area contributed by atoms with E-state index in [2.05, 4.69) is 37.5 Å². The van der Waals surface area contributed by atoms with E-state index in [9.17, 15) is 0 Å². The van der Waals surface area contributed by atoms with Crippen LogP contribution in [0.25, 0.3) is 0 Å². The molecule has 0 amide bonds. The van der Waals surface area contributed by atoms with E-state index in [1.165, 1.54) is 0 Å². The summed E-state index contributed by atoms with van der Waals surface area (Å²) in [5, 5.41) is 3.10. The number of nitrogens with zero attached hydrogens (tertiary/aromatic N) is 4. The quantitative estimate of drug-likeness (QED) is 0.438. The molecule has 0 saturated carbocycles. The molecular weight excluding hydrogens is 234 g/mol. The first kappa shape index (κ1) is 14.4. The maximum Gasteiger partial charge on any atom is 0.323 e. The number of rotatable bonds is 8. The van der Waals surface area contributed by atoms with Crippen molar-refractivity contribution in [3.63, 3.8) is 0 Å². The highest BCUT2D eigenvalue weighted by atomic mass is 16.5. The number of nitrogen functional groups attached to an aromatic ring is 1. The summed E-state index contributed by atoms with van der Waals surface area (Å²) in [6, 6.07) is 0.256. The van der Waals surface area contributed by atoms with Gasteiger partial charge in [-0.25, -0.2) is 5.84 Å².